The van der Waals surface area contributed by atoms with Crippen LogP contribution >= 0.6 is 0 Å². The zero-order valence-electron chi connectivity index (χ0n) is 14.5. The first-order chi connectivity index (χ1) is 11.7. The molecule has 17 nitrogen and oxygen atoms in total. The van der Waals surface area contributed by atoms with Gasteiger partial charge in [-0.3, -0.25) is 40.0 Å². The van der Waals surface area contributed by atoms with E-state index >= 15 is 0 Å². The Hall–Kier alpha value is -2.48. The van der Waals surface area contributed by atoms with Crippen molar-refractivity contribution in [3.63, 3.8) is 0 Å². The Morgan fingerprint density at radius 3 is 0.852 bits per heavy atom. The molecule has 0 aliphatic rings. The van der Waals surface area contributed by atoms with Crippen LogP contribution in [-0.2, 0) is 19.2 Å². The maximum Gasteiger partial charge on any atom is 0.317 e. The highest BCUT2D eigenvalue weighted by Crippen LogP contribution is 2.09. The fourth-order valence-corrected chi connectivity index (χ4v) is 0.258. The van der Waals surface area contributed by atoms with Crippen LogP contribution < -0.4 is 0 Å². The van der Waals surface area contributed by atoms with Crippen LogP contribution in [0.3, 0.4) is 0 Å². The zero-order chi connectivity index (χ0) is 23.5. The van der Waals surface area contributed by atoms with Gasteiger partial charge in [0.1, 0.15) is 0 Å². The van der Waals surface area contributed by atoms with Crippen LogP contribution in [0.2, 0.25) is 0 Å². The number of hydroxylamine groups is 4. The van der Waals surface area contributed by atoms with Gasteiger partial charge >= 0.3 is 5.91 Å². The minimum atomic E-state index is -3.59. The normalized spacial score (nSPS) is 10.3. The predicted molar refractivity (Wildman–Crippen MR) is 77.2 cm³/mol. The summed E-state index contributed by atoms with van der Waals surface area (Å²) in [5.41, 5.74) is 0. The molecule has 0 aliphatic carbocycles. The number of aliphatic hydroxyl groups excluding tert-OH is 1. The summed E-state index contributed by atoms with van der Waals surface area (Å²) in [5, 5.41) is 84.6. The number of aliphatic carboxylic acids is 4. The average Bonchev–Trinajstić information content (AvgIpc) is 2.34. The number of hydrogen-bond acceptors (Lipinski definition) is 13. The summed E-state index contributed by atoms with van der Waals surface area (Å²) in [4.78, 5) is 36.0. The Morgan fingerprint density at radius 2 is 0.815 bits per heavy atom. The van der Waals surface area contributed by atoms with Crippen molar-refractivity contribution in [2.75, 3.05) is 0 Å². The van der Waals surface area contributed by atoms with E-state index in [1.165, 1.54) is 0 Å². The van der Waals surface area contributed by atoms with E-state index in [0.29, 0.717) is 0 Å². The molecule has 0 spiro atoms. The van der Waals surface area contributed by atoms with Gasteiger partial charge in [-0.05, 0) is 10.5 Å². The molecule has 0 heterocycles. The molecule has 0 radical (unpaired) electrons. The summed E-state index contributed by atoms with van der Waals surface area (Å²) in [6.07, 6.45) is -2.71. The minimum absolute atomic E-state index is 0.833. The van der Waals surface area contributed by atoms with Gasteiger partial charge in [0, 0.05) is 27.7 Å². The first-order valence-electron chi connectivity index (χ1n) is 5.99. The highest BCUT2D eigenvalue weighted by atomic mass is 16.9. The van der Waals surface area contributed by atoms with Crippen molar-refractivity contribution in [1.82, 2.24) is 10.5 Å². The summed E-state index contributed by atoms with van der Waals surface area (Å²) in [6.45, 7) is 4.33. The smallest absolute Gasteiger partial charge is 0.317 e. The number of hydrogen-bond donors (Lipinski definition) is 11. The SMILES string of the molecule is CC(=O)O.CC(=O)O.CC(=O)O.CC(=O)O.OC(N(O)O)C(O)(O)N(O)O. The highest BCUT2D eigenvalue weighted by Gasteiger charge is 2.43. The molecule has 0 aliphatic heterocycles. The van der Waals surface area contributed by atoms with Crippen molar-refractivity contribution >= 4 is 23.9 Å². The van der Waals surface area contributed by atoms with Crippen LogP contribution in [0.25, 0.3) is 0 Å². The van der Waals surface area contributed by atoms with E-state index in [1.54, 1.807) is 0 Å². The fraction of sp³-hybridized carbons (Fsp3) is 0.600. The van der Waals surface area contributed by atoms with Gasteiger partial charge in [0.25, 0.3) is 23.9 Å². The van der Waals surface area contributed by atoms with E-state index in [4.69, 9.17) is 75.8 Å². The first kappa shape index (κ1) is 35.6. The average molecular weight is 412 g/mol. The van der Waals surface area contributed by atoms with Crippen molar-refractivity contribution in [2.24, 2.45) is 0 Å². The summed E-state index contributed by atoms with van der Waals surface area (Å²) in [7, 11) is 0. The Labute approximate surface area is 151 Å². The molecule has 11 N–H and O–H groups in total. The summed E-state index contributed by atoms with van der Waals surface area (Å²) in [5.74, 6) is -6.93. The van der Waals surface area contributed by atoms with Crippen LogP contribution in [0.4, 0.5) is 0 Å². The number of carbonyl (C=O) groups is 4. The van der Waals surface area contributed by atoms with E-state index in [0.717, 1.165) is 27.7 Å². The van der Waals surface area contributed by atoms with Crippen molar-refractivity contribution in [3.8, 4) is 0 Å². The molecule has 0 bridgehead atoms. The van der Waals surface area contributed by atoms with Crippen molar-refractivity contribution in [2.45, 2.75) is 39.8 Å². The van der Waals surface area contributed by atoms with Crippen LogP contribution in [0.15, 0.2) is 0 Å². The Balaban J connectivity index is -0.0000000841. The Morgan fingerprint density at radius 1 is 0.667 bits per heavy atom. The molecule has 1 atom stereocenters. The third kappa shape index (κ3) is 59.6. The molecule has 0 amide bonds. The molecular weight excluding hydrogens is 388 g/mol. The molecule has 0 aromatic heterocycles. The molecule has 0 saturated heterocycles. The van der Waals surface area contributed by atoms with Gasteiger partial charge in [-0.15, -0.1) is 0 Å². The van der Waals surface area contributed by atoms with Gasteiger partial charge in [-0.1, -0.05) is 0 Å². The van der Waals surface area contributed by atoms with Crippen molar-refractivity contribution < 1.29 is 75.8 Å². The molecule has 0 aromatic rings. The number of rotatable bonds is 3. The van der Waals surface area contributed by atoms with Gasteiger partial charge in [-0.2, -0.15) is 0 Å². The lowest BCUT2D eigenvalue weighted by molar-refractivity contribution is -0.537. The largest absolute Gasteiger partial charge is 0.481 e. The summed E-state index contributed by atoms with van der Waals surface area (Å²) < 4.78 is 0. The lowest BCUT2D eigenvalue weighted by atomic mass is 10.4. The molecule has 164 valence electrons. The van der Waals surface area contributed by atoms with Crippen LogP contribution in [0.1, 0.15) is 27.7 Å². The topological polar surface area (TPSA) is 297 Å². The monoisotopic (exact) mass is 412 g/mol. The maximum atomic E-state index is 9.00. The molecule has 0 fully saturated rings. The maximum absolute atomic E-state index is 9.00. The molecule has 27 heavy (non-hydrogen) atoms. The minimum Gasteiger partial charge on any atom is -0.481 e. The second kappa shape index (κ2) is 19.8. The zero-order valence-corrected chi connectivity index (χ0v) is 14.5. The molecular formula is C10H24N2O15. The number of nitrogens with zero attached hydrogens (tertiary/aromatic N) is 2. The lowest BCUT2D eigenvalue weighted by Crippen LogP contribution is -2.59. The summed E-state index contributed by atoms with van der Waals surface area (Å²) in [6, 6.07) is 0. The molecule has 0 saturated carbocycles. The van der Waals surface area contributed by atoms with Gasteiger partial charge in [0.2, 0.25) is 6.23 Å². The van der Waals surface area contributed by atoms with Crippen LogP contribution in [0, 0.1) is 0 Å². The van der Waals surface area contributed by atoms with E-state index in [2.05, 4.69) is 0 Å². The Kier molecular flexibility index (Phi) is 26.2. The Bertz CT molecular complexity index is 359. The molecule has 1 unspecified atom stereocenters. The fourth-order valence-electron chi connectivity index (χ4n) is 0.258. The van der Waals surface area contributed by atoms with E-state index in [1.807, 2.05) is 0 Å². The third-order valence-electron chi connectivity index (χ3n) is 0.860. The highest BCUT2D eigenvalue weighted by molar-refractivity contribution is 5.63. The molecule has 17 heteroatoms. The predicted octanol–water partition coefficient (Wildman–Crippen LogP) is -2.53. The third-order valence-corrected chi connectivity index (χ3v) is 0.860. The summed E-state index contributed by atoms with van der Waals surface area (Å²) >= 11 is 0. The van der Waals surface area contributed by atoms with Crippen molar-refractivity contribution in [1.29, 1.82) is 0 Å². The van der Waals surface area contributed by atoms with Gasteiger partial charge < -0.3 is 35.7 Å². The van der Waals surface area contributed by atoms with Gasteiger partial charge in [0.15, 0.2) is 0 Å². The first-order valence-corrected chi connectivity index (χ1v) is 5.99. The number of aliphatic hydroxyl groups is 3. The second-order valence-corrected chi connectivity index (χ2v) is 3.75. The van der Waals surface area contributed by atoms with E-state index in [-0.39, 0.29) is 0 Å². The van der Waals surface area contributed by atoms with Crippen molar-refractivity contribution in [3.05, 3.63) is 0 Å². The standard InChI is InChI=1S/C2H8N2O7.4C2H4O2/c5-1(3(8)9)2(6,7)4(10)11;4*1-2(3)4/h1,5-11H;4*1H3,(H,3,4). The van der Waals surface area contributed by atoms with Gasteiger partial charge in [-0.25, -0.2) is 0 Å². The quantitative estimate of drug-likeness (QED) is 0.168. The lowest BCUT2D eigenvalue weighted by Gasteiger charge is -2.30. The van der Waals surface area contributed by atoms with Crippen LogP contribution in [-0.4, -0.2) is 103 Å². The van der Waals surface area contributed by atoms with E-state index in [9.17, 15) is 0 Å². The van der Waals surface area contributed by atoms with E-state index < -0.39 is 46.5 Å². The second-order valence-electron chi connectivity index (χ2n) is 3.75. The molecule has 0 aromatic carbocycles. The van der Waals surface area contributed by atoms with Gasteiger partial charge in [0.05, 0.1) is 0 Å². The number of carboxylic acids is 4. The molecule has 0 rings (SSSR count). The van der Waals surface area contributed by atoms with Crippen LogP contribution in [0.5, 0.6) is 0 Å². The number of carboxylic acid groups (broad SMARTS) is 4.